The average molecular weight is 325 g/mol. The van der Waals surface area contributed by atoms with Gasteiger partial charge >= 0.3 is 11.8 Å². The molecule has 1 amide bonds. The molecule has 0 saturated carbocycles. The molecule has 2 aromatic rings. The summed E-state index contributed by atoms with van der Waals surface area (Å²) in [6.07, 6.45) is -0.855. The fraction of sp³-hybridized carbons (Fsp3) is 0.0714. The van der Waals surface area contributed by atoms with E-state index in [0.717, 1.165) is 12.1 Å². The van der Waals surface area contributed by atoms with E-state index in [1.165, 1.54) is 12.1 Å². The lowest BCUT2D eigenvalue weighted by atomic mass is 10.2. The number of nitro benzene ring substituents is 1. The predicted octanol–water partition coefficient (Wildman–Crippen LogP) is 4.31. The highest BCUT2D eigenvalue weighted by Gasteiger charge is 2.16. The van der Waals surface area contributed by atoms with Crippen molar-refractivity contribution in [1.29, 1.82) is 0 Å². The van der Waals surface area contributed by atoms with Crippen molar-refractivity contribution in [3.8, 4) is 5.75 Å². The van der Waals surface area contributed by atoms with Gasteiger partial charge in [0.25, 0.3) is 0 Å². The average Bonchev–Trinajstić information content (AvgIpc) is 2.44. The van der Waals surface area contributed by atoms with E-state index < -0.39 is 22.5 Å². The lowest BCUT2D eigenvalue weighted by molar-refractivity contribution is -0.387. The first-order valence-electron chi connectivity index (χ1n) is 6.06. The van der Waals surface area contributed by atoms with Crippen LogP contribution in [0, 0.1) is 22.9 Å². The predicted molar refractivity (Wildman–Crippen MR) is 78.9 cm³/mol. The normalized spacial score (nSPS) is 10.1. The van der Waals surface area contributed by atoms with E-state index in [2.05, 4.69) is 5.32 Å². The fourth-order valence-corrected chi connectivity index (χ4v) is 1.93. The minimum Gasteiger partial charge on any atom is -0.410 e. The second-order valence-electron chi connectivity index (χ2n) is 4.35. The number of rotatable bonds is 3. The zero-order valence-electron chi connectivity index (χ0n) is 11.3. The van der Waals surface area contributed by atoms with Crippen LogP contribution in [0.5, 0.6) is 5.75 Å². The highest BCUT2D eigenvalue weighted by molar-refractivity contribution is 6.30. The van der Waals surface area contributed by atoms with Crippen LogP contribution in [0.15, 0.2) is 36.4 Å². The summed E-state index contributed by atoms with van der Waals surface area (Å²) >= 11 is 5.79. The Hall–Kier alpha value is -2.67. The molecule has 0 fully saturated rings. The number of nitrogens with one attached hydrogen (secondary N) is 1. The Morgan fingerprint density at radius 3 is 2.68 bits per heavy atom. The molecule has 0 radical (unpaired) electrons. The van der Waals surface area contributed by atoms with Gasteiger partial charge in [0.05, 0.1) is 10.6 Å². The topological polar surface area (TPSA) is 81.5 Å². The van der Waals surface area contributed by atoms with Crippen LogP contribution >= 0.6 is 11.6 Å². The first kappa shape index (κ1) is 15.7. The minimum absolute atomic E-state index is 0.0460. The molecule has 0 heterocycles. The number of benzene rings is 2. The molecule has 0 unspecified atom stereocenters. The standard InChI is InChI=1S/C14H10ClFN2O4/c1-8-6-9(15)2-5-13(8)22-14(19)17-10-3-4-11(16)12(7-10)18(20)21/h2-7H,1H3,(H,17,19). The van der Waals surface area contributed by atoms with Crippen molar-refractivity contribution < 1.29 is 18.8 Å². The van der Waals surface area contributed by atoms with Crippen LogP contribution in [0.1, 0.15) is 5.56 Å². The van der Waals surface area contributed by atoms with Crippen LogP contribution in [0.2, 0.25) is 5.02 Å². The number of halogens is 2. The number of nitro groups is 1. The molecule has 0 aromatic heterocycles. The van der Waals surface area contributed by atoms with Crippen LogP contribution in [0.25, 0.3) is 0 Å². The molecule has 0 aliphatic heterocycles. The molecule has 0 atom stereocenters. The monoisotopic (exact) mass is 324 g/mol. The highest BCUT2D eigenvalue weighted by Crippen LogP contribution is 2.24. The van der Waals surface area contributed by atoms with Crippen LogP contribution < -0.4 is 10.1 Å². The Morgan fingerprint density at radius 1 is 1.32 bits per heavy atom. The maximum Gasteiger partial charge on any atom is 0.417 e. The van der Waals surface area contributed by atoms with Gasteiger partial charge in [-0.1, -0.05) is 11.6 Å². The molecule has 0 aliphatic rings. The third-order valence-corrected chi connectivity index (χ3v) is 2.96. The van der Waals surface area contributed by atoms with E-state index in [9.17, 15) is 19.3 Å². The van der Waals surface area contributed by atoms with E-state index in [-0.39, 0.29) is 5.69 Å². The number of hydrogen-bond acceptors (Lipinski definition) is 4. The molecule has 0 bridgehead atoms. The summed E-state index contributed by atoms with van der Waals surface area (Å²) in [6.45, 7) is 1.71. The number of aryl methyl sites for hydroxylation is 1. The van der Waals surface area contributed by atoms with Gasteiger partial charge in [0.1, 0.15) is 5.75 Å². The summed E-state index contributed by atoms with van der Waals surface area (Å²) < 4.78 is 18.3. The Morgan fingerprint density at radius 2 is 2.05 bits per heavy atom. The maximum absolute atomic E-state index is 13.2. The first-order chi connectivity index (χ1) is 10.4. The Balaban J connectivity index is 2.12. The lowest BCUT2D eigenvalue weighted by Gasteiger charge is -2.09. The molecule has 0 spiro atoms. The zero-order chi connectivity index (χ0) is 16.3. The Labute approximate surface area is 129 Å². The number of nitrogens with zero attached hydrogens (tertiary/aromatic N) is 1. The molecule has 8 heteroatoms. The van der Waals surface area contributed by atoms with Crippen LogP contribution in [-0.2, 0) is 0 Å². The van der Waals surface area contributed by atoms with Crippen LogP contribution in [0.4, 0.5) is 20.6 Å². The van der Waals surface area contributed by atoms with Gasteiger partial charge in [0.2, 0.25) is 5.82 Å². The maximum atomic E-state index is 13.2. The smallest absolute Gasteiger partial charge is 0.410 e. The SMILES string of the molecule is Cc1cc(Cl)ccc1OC(=O)Nc1ccc(F)c([N+](=O)[O-])c1. The van der Waals surface area contributed by atoms with Crippen molar-refractivity contribution in [3.63, 3.8) is 0 Å². The zero-order valence-corrected chi connectivity index (χ0v) is 12.1. The first-order valence-corrected chi connectivity index (χ1v) is 6.43. The van der Waals surface area contributed by atoms with Gasteiger partial charge in [-0.25, -0.2) is 4.79 Å². The Bertz CT molecular complexity index is 752. The minimum atomic E-state index is -0.988. The molecule has 0 saturated heterocycles. The molecule has 1 N–H and O–H groups in total. The van der Waals surface area contributed by atoms with Crippen molar-refractivity contribution in [2.75, 3.05) is 5.32 Å². The summed E-state index contributed by atoms with van der Waals surface area (Å²) in [5, 5.41) is 13.4. The van der Waals surface area contributed by atoms with Crippen molar-refractivity contribution >= 4 is 29.1 Å². The van der Waals surface area contributed by atoms with Gasteiger partial charge in [-0.3, -0.25) is 15.4 Å². The van der Waals surface area contributed by atoms with Gasteiger partial charge in [-0.05, 0) is 42.8 Å². The van der Waals surface area contributed by atoms with Crippen LogP contribution in [-0.4, -0.2) is 11.0 Å². The van der Waals surface area contributed by atoms with Crippen molar-refractivity contribution in [3.05, 3.63) is 62.9 Å². The van der Waals surface area contributed by atoms with Crippen molar-refractivity contribution in [2.45, 2.75) is 6.92 Å². The number of carbonyl (C=O) groups excluding carboxylic acids is 1. The number of anilines is 1. The van der Waals surface area contributed by atoms with Gasteiger partial charge in [-0.2, -0.15) is 4.39 Å². The van der Waals surface area contributed by atoms with Gasteiger partial charge in [0.15, 0.2) is 0 Å². The lowest BCUT2D eigenvalue weighted by Crippen LogP contribution is -2.17. The molecule has 0 aliphatic carbocycles. The highest BCUT2D eigenvalue weighted by atomic mass is 35.5. The van der Waals surface area contributed by atoms with Crippen LogP contribution in [0.3, 0.4) is 0 Å². The fourth-order valence-electron chi connectivity index (χ4n) is 1.70. The second-order valence-corrected chi connectivity index (χ2v) is 4.78. The number of ether oxygens (including phenoxy) is 1. The van der Waals surface area contributed by atoms with Crippen molar-refractivity contribution in [2.24, 2.45) is 0 Å². The van der Waals surface area contributed by atoms with E-state index >= 15 is 0 Å². The number of amides is 1. The largest absolute Gasteiger partial charge is 0.417 e. The molecule has 2 aromatic carbocycles. The molecule has 22 heavy (non-hydrogen) atoms. The van der Waals surface area contributed by atoms with Crippen molar-refractivity contribution in [1.82, 2.24) is 0 Å². The van der Waals surface area contributed by atoms with E-state index in [0.29, 0.717) is 16.3 Å². The summed E-state index contributed by atoms with van der Waals surface area (Å²) in [5.74, 6) is -0.698. The Kier molecular flexibility index (Phi) is 4.57. The molecule has 6 nitrogen and oxygen atoms in total. The summed E-state index contributed by atoms with van der Waals surface area (Å²) in [5.41, 5.74) is -0.0436. The van der Waals surface area contributed by atoms with E-state index in [1.54, 1.807) is 19.1 Å². The molecule has 114 valence electrons. The molecular weight excluding hydrogens is 315 g/mol. The second kappa shape index (κ2) is 6.40. The quantitative estimate of drug-likeness (QED) is 0.674. The molecule has 2 rings (SSSR count). The van der Waals surface area contributed by atoms with E-state index in [1.807, 2.05) is 0 Å². The summed E-state index contributed by atoms with van der Waals surface area (Å²) in [4.78, 5) is 21.5. The molecular formula is C14H10ClFN2O4. The number of hydrogen-bond donors (Lipinski definition) is 1. The third-order valence-electron chi connectivity index (χ3n) is 2.73. The summed E-state index contributed by atoms with van der Waals surface area (Å²) in [6, 6.07) is 7.68. The van der Waals surface area contributed by atoms with Gasteiger partial charge in [0, 0.05) is 11.1 Å². The summed E-state index contributed by atoms with van der Waals surface area (Å²) in [7, 11) is 0. The van der Waals surface area contributed by atoms with Gasteiger partial charge < -0.3 is 4.74 Å². The van der Waals surface area contributed by atoms with Gasteiger partial charge in [-0.15, -0.1) is 0 Å². The third kappa shape index (κ3) is 3.70. The van der Waals surface area contributed by atoms with E-state index in [4.69, 9.17) is 16.3 Å². The number of carbonyl (C=O) groups is 1.